The van der Waals surface area contributed by atoms with Crippen molar-refractivity contribution in [3.05, 3.63) is 35.9 Å². The van der Waals surface area contributed by atoms with Gasteiger partial charge in [0.15, 0.2) is 0 Å². The van der Waals surface area contributed by atoms with E-state index in [4.69, 9.17) is 4.74 Å². The molecule has 134 valence electrons. The number of carbonyl (C=O) groups is 1. The normalized spacial score (nSPS) is 18.7. The standard InChI is InChI=1S/C20H32N2O2/c1-4-6-12-20(3,5-2)18(17-10-8-7-9-11-17)21-19(23)22-13-15-24-16-14-22/h7-11,18H,4-6,12-16H2,1-3H3,(H,21,23)/t18-,20?/m1/s1. The van der Waals surface area contributed by atoms with Crippen LogP contribution in [-0.4, -0.2) is 37.2 Å². The van der Waals surface area contributed by atoms with Crippen molar-refractivity contribution < 1.29 is 9.53 Å². The van der Waals surface area contributed by atoms with Gasteiger partial charge in [0.2, 0.25) is 0 Å². The van der Waals surface area contributed by atoms with Gasteiger partial charge in [-0.3, -0.25) is 0 Å². The van der Waals surface area contributed by atoms with E-state index in [1.54, 1.807) is 0 Å². The quantitative estimate of drug-likeness (QED) is 0.805. The predicted octanol–water partition coefficient (Wildman–Crippen LogP) is 4.38. The maximum absolute atomic E-state index is 12.8. The summed E-state index contributed by atoms with van der Waals surface area (Å²) in [5.41, 5.74) is 1.25. The van der Waals surface area contributed by atoms with Crippen LogP contribution in [0.15, 0.2) is 30.3 Å². The van der Waals surface area contributed by atoms with E-state index in [1.807, 2.05) is 11.0 Å². The Bertz CT molecular complexity index is 500. The number of amides is 2. The van der Waals surface area contributed by atoms with E-state index in [1.165, 1.54) is 18.4 Å². The van der Waals surface area contributed by atoms with Gasteiger partial charge in [-0.25, -0.2) is 4.79 Å². The highest BCUT2D eigenvalue weighted by atomic mass is 16.5. The molecule has 0 saturated carbocycles. The van der Waals surface area contributed by atoms with Crippen LogP contribution in [-0.2, 0) is 4.74 Å². The van der Waals surface area contributed by atoms with Crippen LogP contribution in [0, 0.1) is 5.41 Å². The Morgan fingerprint density at radius 3 is 2.50 bits per heavy atom. The van der Waals surface area contributed by atoms with E-state index < -0.39 is 0 Å². The van der Waals surface area contributed by atoms with Gasteiger partial charge in [-0.2, -0.15) is 0 Å². The van der Waals surface area contributed by atoms with Gasteiger partial charge in [-0.15, -0.1) is 0 Å². The second-order valence-corrected chi connectivity index (χ2v) is 7.00. The van der Waals surface area contributed by atoms with E-state index in [-0.39, 0.29) is 17.5 Å². The molecule has 0 radical (unpaired) electrons. The van der Waals surface area contributed by atoms with E-state index in [2.05, 4.69) is 50.4 Å². The number of hydrogen-bond donors (Lipinski definition) is 1. The van der Waals surface area contributed by atoms with Crippen molar-refractivity contribution in [3.63, 3.8) is 0 Å². The molecule has 2 atom stereocenters. The molecule has 0 spiro atoms. The summed E-state index contributed by atoms with van der Waals surface area (Å²) in [6.07, 6.45) is 4.51. The number of morpholine rings is 1. The molecule has 1 heterocycles. The summed E-state index contributed by atoms with van der Waals surface area (Å²) in [5, 5.41) is 3.33. The number of nitrogens with zero attached hydrogens (tertiary/aromatic N) is 1. The van der Waals surface area contributed by atoms with Crippen molar-refractivity contribution in [2.75, 3.05) is 26.3 Å². The lowest BCUT2D eigenvalue weighted by molar-refractivity contribution is 0.0501. The Morgan fingerprint density at radius 2 is 1.92 bits per heavy atom. The smallest absolute Gasteiger partial charge is 0.318 e. The van der Waals surface area contributed by atoms with Crippen LogP contribution in [0.5, 0.6) is 0 Å². The molecule has 1 N–H and O–H groups in total. The van der Waals surface area contributed by atoms with Gasteiger partial charge in [-0.05, 0) is 23.8 Å². The van der Waals surface area contributed by atoms with E-state index in [0.29, 0.717) is 26.3 Å². The molecule has 1 unspecified atom stereocenters. The number of ether oxygens (including phenoxy) is 1. The first-order valence-corrected chi connectivity index (χ1v) is 9.29. The fourth-order valence-electron chi connectivity index (χ4n) is 3.39. The SMILES string of the molecule is CCCCC(C)(CC)[C@H](NC(=O)N1CCOCC1)c1ccccc1. The van der Waals surface area contributed by atoms with Crippen LogP contribution in [0.1, 0.15) is 58.1 Å². The third kappa shape index (κ3) is 4.73. The number of benzene rings is 1. The summed E-state index contributed by atoms with van der Waals surface area (Å²) in [4.78, 5) is 14.6. The fourth-order valence-corrected chi connectivity index (χ4v) is 3.39. The van der Waals surface area contributed by atoms with Crippen LogP contribution in [0.25, 0.3) is 0 Å². The van der Waals surface area contributed by atoms with E-state index in [0.717, 1.165) is 12.8 Å². The molecule has 1 aromatic carbocycles. The zero-order valence-electron chi connectivity index (χ0n) is 15.4. The lowest BCUT2D eigenvalue weighted by Crippen LogP contribution is -2.49. The highest BCUT2D eigenvalue weighted by Crippen LogP contribution is 2.41. The van der Waals surface area contributed by atoms with E-state index >= 15 is 0 Å². The van der Waals surface area contributed by atoms with Crippen molar-refractivity contribution in [2.45, 2.75) is 52.5 Å². The number of carbonyl (C=O) groups excluding carboxylic acids is 1. The zero-order chi connectivity index (χ0) is 17.4. The van der Waals surface area contributed by atoms with Gasteiger partial charge < -0.3 is 15.0 Å². The molecule has 4 nitrogen and oxygen atoms in total. The molecule has 1 fully saturated rings. The second kappa shape index (κ2) is 9.07. The van der Waals surface area contributed by atoms with Crippen molar-refractivity contribution >= 4 is 6.03 Å². The number of rotatable bonds is 7. The molecule has 24 heavy (non-hydrogen) atoms. The minimum Gasteiger partial charge on any atom is -0.378 e. The molecule has 1 aromatic rings. The monoisotopic (exact) mass is 332 g/mol. The van der Waals surface area contributed by atoms with Crippen LogP contribution in [0.4, 0.5) is 4.79 Å². The van der Waals surface area contributed by atoms with Crippen LogP contribution >= 0.6 is 0 Å². The molecular weight excluding hydrogens is 300 g/mol. The first-order chi connectivity index (χ1) is 11.6. The minimum absolute atomic E-state index is 0.0309. The third-order valence-corrected chi connectivity index (χ3v) is 5.31. The topological polar surface area (TPSA) is 41.6 Å². The Kier molecular flexibility index (Phi) is 7.10. The second-order valence-electron chi connectivity index (χ2n) is 7.00. The molecule has 1 aliphatic heterocycles. The number of unbranched alkanes of at least 4 members (excludes halogenated alkanes) is 1. The Hall–Kier alpha value is -1.55. The van der Waals surface area contributed by atoms with Crippen molar-refractivity contribution in [2.24, 2.45) is 5.41 Å². The van der Waals surface area contributed by atoms with Gasteiger partial charge in [0.1, 0.15) is 0 Å². The molecule has 0 aliphatic carbocycles. The highest BCUT2D eigenvalue weighted by molar-refractivity contribution is 5.75. The maximum Gasteiger partial charge on any atom is 0.318 e. The molecule has 0 aromatic heterocycles. The van der Waals surface area contributed by atoms with Gasteiger partial charge in [-0.1, -0.05) is 63.9 Å². The van der Waals surface area contributed by atoms with Gasteiger partial charge in [0, 0.05) is 13.1 Å². The fraction of sp³-hybridized carbons (Fsp3) is 0.650. The minimum atomic E-state index is 0.0309. The molecule has 1 aliphatic rings. The van der Waals surface area contributed by atoms with Gasteiger partial charge in [0.05, 0.1) is 19.3 Å². The molecule has 4 heteroatoms. The summed E-state index contributed by atoms with van der Waals surface area (Å²) in [5.74, 6) is 0. The number of hydrogen-bond acceptors (Lipinski definition) is 2. The largest absolute Gasteiger partial charge is 0.378 e. The summed E-state index contributed by atoms with van der Waals surface area (Å²) < 4.78 is 5.36. The highest BCUT2D eigenvalue weighted by Gasteiger charge is 2.35. The Labute approximate surface area is 146 Å². The lowest BCUT2D eigenvalue weighted by Gasteiger charge is -2.39. The van der Waals surface area contributed by atoms with Crippen LogP contribution in [0.3, 0.4) is 0 Å². The number of urea groups is 1. The first-order valence-electron chi connectivity index (χ1n) is 9.29. The van der Waals surface area contributed by atoms with Gasteiger partial charge >= 0.3 is 6.03 Å². The Morgan fingerprint density at radius 1 is 1.25 bits per heavy atom. The zero-order valence-corrected chi connectivity index (χ0v) is 15.4. The maximum atomic E-state index is 12.8. The predicted molar refractivity (Wildman–Crippen MR) is 98.0 cm³/mol. The molecular formula is C20H32N2O2. The summed E-state index contributed by atoms with van der Waals surface area (Å²) in [6.45, 7) is 9.36. The summed E-state index contributed by atoms with van der Waals surface area (Å²) in [7, 11) is 0. The number of nitrogens with one attached hydrogen (secondary N) is 1. The third-order valence-electron chi connectivity index (χ3n) is 5.31. The summed E-state index contributed by atoms with van der Waals surface area (Å²) >= 11 is 0. The Balaban J connectivity index is 2.20. The average Bonchev–Trinajstić information content (AvgIpc) is 2.65. The lowest BCUT2D eigenvalue weighted by atomic mass is 9.73. The van der Waals surface area contributed by atoms with Crippen molar-refractivity contribution in [1.82, 2.24) is 10.2 Å². The van der Waals surface area contributed by atoms with Crippen LogP contribution < -0.4 is 5.32 Å². The van der Waals surface area contributed by atoms with Crippen molar-refractivity contribution in [1.29, 1.82) is 0 Å². The first kappa shape index (κ1) is 18.8. The average molecular weight is 332 g/mol. The van der Waals surface area contributed by atoms with E-state index in [9.17, 15) is 4.79 Å². The van der Waals surface area contributed by atoms with Gasteiger partial charge in [0.25, 0.3) is 0 Å². The van der Waals surface area contributed by atoms with Crippen LogP contribution in [0.2, 0.25) is 0 Å². The summed E-state index contributed by atoms with van der Waals surface area (Å²) in [6, 6.07) is 10.5. The molecule has 1 saturated heterocycles. The molecule has 0 bridgehead atoms. The van der Waals surface area contributed by atoms with Crippen molar-refractivity contribution in [3.8, 4) is 0 Å². The molecule has 2 amide bonds. The molecule has 2 rings (SSSR count).